The summed E-state index contributed by atoms with van der Waals surface area (Å²) in [6, 6.07) is 3.50. The van der Waals surface area contributed by atoms with Crippen LogP contribution >= 0.6 is 11.3 Å². The fourth-order valence-electron chi connectivity index (χ4n) is 1.30. The highest BCUT2D eigenvalue weighted by Crippen LogP contribution is 2.15. The highest BCUT2D eigenvalue weighted by molar-refractivity contribution is 7.12. The van der Waals surface area contributed by atoms with Crippen LogP contribution in [0, 0.1) is 0 Å². The summed E-state index contributed by atoms with van der Waals surface area (Å²) in [6.45, 7) is 0. The molecule has 0 saturated heterocycles. The maximum absolute atomic E-state index is 10.3. The molecular formula is C10H15NOS. The van der Waals surface area contributed by atoms with Crippen LogP contribution in [0.4, 0.5) is 0 Å². The molecule has 1 heterocycles. The van der Waals surface area contributed by atoms with Crippen molar-refractivity contribution in [3.63, 3.8) is 0 Å². The van der Waals surface area contributed by atoms with E-state index in [9.17, 15) is 4.79 Å². The van der Waals surface area contributed by atoms with Crippen LogP contribution in [-0.2, 0) is 0 Å². The van der Waals surface area contributed by atoms with E-state index in [1.165, 1.54) is 43.4 Å². The fourth-order valence-corrected chi connectivity index (χ4v) is 1.88. The van der Waals surface area contributed by atoms with Gasteiger partial charge in [-0.3, -0.25) is 4.79 Å². The Labute approximate surface area is 82.8 Å². The molecule has 0 atom stereocenters. The molecule has 1 fully saturated rings. The van der Waals surface area contributed by atoms with Gasteiger partial charge in [-0.15, -0.1) is 11.3 Å². The van der Waals surface area contributed by atoms with Gasteiger partial charge in [0.25, 0.3) is 5.91 Å². The van der Waals surface area contributed by atoms with Crippen molar-refractivity contribution in [2.24, 2.45) is 5.73 Å². The molecule has 2 rings (SSSR count). The van der Waals surface area contributed by atoms with Crippen LogP contribution in [0.1, 0.15) is 41.8 Å². The number of thiophene rings is 1. The normalized spacial score (nSPS) is 14.8. The van der Waals surface area contributed by atoms with E-state index < -0.39 is 0 Å². The summed E-state index contributed by atoms with van der Waals surface area (Å²) in [5.74, 6) is -0.347. The number of hydrogen-bond acceptors (Lipinski definition) is 2. The van der Waals surface area contributed by atoms with Crippen molar-refractivity contribution in [3.05, 3.63) is 22.4 Å². The SMILES string of the molecule is C1CCCC1.NC(=O)c1cccs1. The first-order valence-corrected chi connectivity index (χ1v) is 5.52. The van der Waals surface area contributed by atoms with Gasteiger partial charge in [0.1, 0.15) is 0 Å². The summed E-state index contributed by atoms with van der Waals surface area (Å²) in [6.07, 6.45) is 7.50. The molecule has 1 aliphatic rings. The lowest BCUT2D eigenvalue weighted by Crippen LogP contribution is -2.07. The third kappa shape index (κ3) is 4.08. The minimum absolute atomic E-state index is 0.347. The summed E-state index contributed by atoms with van der Waals surface area (Å²) in [4.78, 5) is 10.9. The van der Waals surface area contributed by atoms with Gasteiger partial charge in [-0.2, -0.15) is 0 Å². The average Bonchev–Trinajstić information content (AvgIpc) is 2.82. The quantitative estimate of drug-likeness (QED) is 0.739. The number of primary amides is 1. The number of rotatable bonds is 1. The second-order valence-corrected chi connectivity index (χ2v) is 4.06. The lowest BCUT2D eigenvalue weighted by Gasteiger charge is -1.80. The number of carbonyl (C=O) groups excluding carboxylic acids is 1. The van der Waals surface area contributed by atoms with Gasteiger partial charge in [0, 0.05) is 0 Å². The Balaban J connectivity index is 0.000000145. The second kappa shape index (κ2) is 5.75. The van der Waals surface area contributed by atoms with E-state index in [2.05, 4.69) is 0 Å². The van der Waals surface area contributed by atoms with Gasteiger partial charge in [-0.05, 0) is 11.4 Å². The largest absolute Gasteiger partial charge is 0.365 e. The summed E-state index contributed by atoms with van der Waals surface area (Å²) in [5.41, 5.74) is 4.93. The van der Waals surface area contributed by atoms with Crippen molar-refractivity contribution in [3.8, 4) is 0 Å². The van der Waals surface area contributed by atoms with E-state index >= 15 is 0 Å². The van der Waals surface area contributed by atoms with Gasteiger partial charge in [-0.25, -0.2) is 0 Å². The van der Waals surface area contributed by atoms with Crippen molar-refractivity contribution in [2.45, 2.75) is 32.1 Å². The van der Waals surface area contributed by atoms with E-state index in [1.807, 2.05) is 5.38 Å². The van der Waals surface area contributed by atoms with Gasteiger partial charge in [-0.1, -0.05) is 38.2 Å². The Morgan fingerprint density at radius 2 is 1.77 bits per heavy atom. The molecule has 0 radical (unpaired) electrons. The lowest BCUT2D eigenvalue weighted by molar-refractivity contribution is 0.100. The Bertz CT molecular complexity index is 232. The topological polar surface area (TPSA) is 43.1 Å². The third-order valence-electron chi connectivity index (χ3n) is 2.01. The van der Waals surface area contributed by atoms with Crippen molar-refractivity contribution in [1.29, 1.82) is 0 Å². The lowest BCUT2D eigenvalue weighted by atomic mass is 10.4. The molecule has 72 valence electrons. The van der Waals surface area contributed by atoms with E-state index in [4.69, 9.17) is 5.73 Å². The zero-order valence-corrected chi connectivity index (χ0v) is 8.48. The summed E-state index contributed by atoms with van der Waals surface area (Å²) >= 11 is 1.36. The van der Waals surface area contributed by atoms with Crippen LogP contribution in [0.15, 0.2) is 17.5 Å². The fraction of sp³-hybridized carbons (Fsp3) is 0.500. The smallest absolute Gasteiger partial charge is 0.258 e. The first kappa shape index (κ1) is 10.3. The molecule has 0 unspecified atom stereocenters. The van der Waals surface area contributed by atoms with Crippen molar-refractivity contribution in [2.75, 3.05) is 0 Å². The molecular weight excluding hydrogens is 182 g/mol. The molecule has 0 aliphatic heterocycles. The van der Waals surface area contributed by atoms with Crippen LogP contribution in [0.25, 0.3) is 0 Å². The Morgan fingerprint density at radius 3 is 2.00 bits per heavy atom. The zero-order chi connectivity index (χ0) is 9.52. The highest BCUT2D eigenvalue weighted by atomic mass is 32.1. The van der Waals surface area contributed by atoms with Gasteiger partial charge in [0.2, 0.25) is 0 Å². The molecule has 1 saturated carbocycles. The molecule has 0 bridgehead atoms. The van der Waals surface area contributed by atoms with Gasteiger partial charge < -0.3 is 5.73 Å². The Hall–Kier alpha value is -0.830. The van der Waals surface area contributed by atoms with Crippen LogP contribution in [0.3, 0.4) is 0 Å². The number of hydrogen-bond donors (Lipinski definition) is 1. The van der Waals surface area contributed by atoms with E-state index in [0.29, 0.717) is 4.88 Å². The number of nitrogens with two attached hydrogens (primary N) is 1. The molecule has 13 heavy (non-hydrogen) atoms. The average molecular weight is 197 g/mol. The molecule has 0 aromatic carbocycles. The van der Waals surface area contributed by atoms with Crippen molar-refractivity contribution in [1.82, 2.24) is 0 Å². The zero-order valence-electron chi connectivity index (χ0n) is 7.66. The Kier molecular flexibility index (Phi) is 4.54. The number of amides is 1. The van der Waals surface area contributed by atoms with Crippen molar-refractivity contribution < 1.29 is 4.79 Å². The molecule has 1 aromatic heterocycles. The highest BCUT2D eigenvalue weighted by Gasteiger charge is 1.96. The van der Waals surface area contributed by atoms with Crippen LogP contribution in [0.2, 0.25) is 0 Å². The van der Waals surface area contributed by atoms with E-state index in [1.54, 1.807) is 12.1 Å². The molecule has 0 spiro atoms. The molecule has 1 amide bonds. The minimum Gasteiger partial charge on any atom is -0.365 e. The predicted octanol–water partition coefficient (Wildman–Crippen LogP) is 2.80. The van der Waals surface area contributed by atoms with Crippen molar-refractivity contribution >= 4 is 17.2 Å². The third-order valence-corrected chi connectivity index (χ3v) is 2.90. The van der Waals surface area contributed by atoms with Crippen LogP contribution < -0.4 is 5.73 Å². The van der Waals surface area contributed by atoms with E-state index in [-0.39, 0.29) is 5.91 Å². The Morgan fingerprint density at radius 1 is 1.23 bits per heavy atom. The molecule has 1 aromatic rings. The standard InChI is InChI=1S/C5H5NOS.C5H10/c6-5(7)4-2-1-3-8-4;1-2-4-5-3-1/h1-3H,(H2,6,7);1-5H2. The summed E-state index contributed by atoms with van der Waals surface area (Å²) < 4.78 is 0. The van der Waals surface area contributed by atoms with Gasteiger partial charge in [0.15, 0.2) is 0 Å². The molecule has 2 N–H and O–H groups in total. The maximum atomic E-state index is 10.3. The summed E-state index contributed by atoms with van der Waals surface area (Å²) in [5, 5.41) is 1.82. The van der Waals surface area contributed by atoms with Gasteiger partial charge in [0.05, 0.1) is 4.88 Å². The molecule has 3 heteroatoms. The summed E-state index contributed by atoms with van der Waals surface area (Å²) in [7, 11) is 0. The van der Waals surface area contributed by atoms with Crippen LogP contribution in [0.5, 0.6) is 0 Å². The van der Waals surface area contributed by atoms with Crippen LogP contribution in [-0.4, -0.2) is 5.91 Å². The second-order valence-electron chi connectivity index (χ2n) is 3.11. The first-order valence-electron chi connectivity index (χ1n) is 4.64. The first-order chi connectivity index (χ1) is 6.30. The predicted molar refractivity (Wildman–Crippen MR) is 55.9 cm³/mol. The maximum Gasteiger partial charge on any atom is 0.258 e. The molecule has 2 nitrogen and oxygen atoms in total. The molecule has 1 aliphatic carbocycles. The van der Waals surface area contributed by atoms with E-state index in [0.717, 1.165) is 0 Å². The number of carbonyl (C=O) groups is 1. The van der Waals surface area contributed by atoms with Gasteiger partial charge >= 0.3 is 0 Å². The minimum atomic E-state index is -0.347. The monoisotopic (exact) mass is 197 g/mol.